The molecule has 2 N–H and O–H groups in total. The number of hydrogen-bond donors (Lipinski definition) is 2. The average Bonchev–Trinajstić information content (AvgIpc) is 3.40. The van der Waals surface area contributed by atoms with Crippen LogP contribution in [0.3, 0.4) is 0 Å². The Morgan fingerprint density at radius 3 is 2.37 bits per heavy atom. The normalized spacial score (nSPS) is 16.5. The molecule has 0 bridgehead atoms. The first-order valence-electron chi connectivity index (χ1n) is 12.9. The molecule has 0 spiro atoms. The molecule has 2 aliphatic rings. The molecule has 0 unspecified atom stereocenters. The van der Waals surface area contributed by atoms with Crippen molar-refractivity contribution in [1.82, 2.24) is 19.8 Å². The summed E-state index contributed by atoms with van der Waals surface area (Å²) >= 11 is 0.724. The van der Waals surface area contributed by atoms with Crippen molar-refractivity contribution < 1.29 is 31.9 Å². The summed E-state index contributed by atoms with van der Waals surface area (Å²) in [4.78, 5) is 38.4. The summed E-state index contributed by atoms with van der Waals surface area (Å²) in [5.74, 6) is -0.847. The van der Waals surface area contributed by atoms with Crippen LogP contribution in [0.4, 0.5) is 39.5 Å². The second kappa shape index (κ2) is 12.4. The predicted molar refractivity (Wildman–Crippen MR) is 145 cm³/mol. The zero-order valence-electron chi connectivity index (χ0n) is 21.8. The number of benzene rings is 1. The Kier molecular flexibility index (Phi) is 8.65. The highest BCUT2D eigenvalue weighted by Crippen LogP contribution is 2.35. The largest absolute Gasteiger partial charge is 0.435 e. The number of morpholine rings is 1. The third-order valence-electron chi connectivity index (χ3n) is 6.62. The third kappa shape index (κ3) is 7.10. The monoisotopic (exact) mass is 593 g/mol. The number of carbonyl (C=O) groups is 2. The van der Waals surface area contributed by atoms with Crippen molar-refractivity contribution in [3.05, 3.63) is 64.0 Å². The number of thiazole rings is 1. The van der Waals surface area contributed by atoms with Gasteiger partial charge in [0.15, 0.2) is 5.69 Å². The summed E-state index contributed by atoms with van der Waals surface area (Å²) in [7, 11) is 0. The highest BCUT2D eigenvalue weighted by molar-refractivity contribution is 7.14. The fourth-order valence-corrected chi connectivity index (χ4v) is 5.48. The molecule has 2 fully saturated rings. The number of nitrogens with zero attached hydrogens (tertiary/aromatic N) is 5. The lowest BCUT2D eigenvalue weighted by Gasteiger charge is -2.35. The number of hydrogen-bond acceptors (Lipinski definition) is 8. The van der Waals surface area contributed by atoms with Crippen LogP contribution in [0.5, 0.6) is 0 Å². The van der Waals surface area contributed by atoms with Gasteiger partial charge in [0.2, 0.25) is 0 Å². The molecule has 10 nitrogen and oxygen atoms in total. The van der Waals surface area contributed by atoms with Gasteiger partial charge in [0.1, 0.15) is 21.5 Å². The maximum Gasteiger partial charge on any atom is 0.435 e. The average molecular weight is 594 g/mol. The van der Waals surface area contributed by atoms with Crippen LogP contribution in [0.1, 0.15) is 20.4 Å². The number of pyridine rings is 1. The van der Waals surface area contributed by atoms with Crippen molar-refractivity contribution in [1.29, 1.82) is 0 Å². The molecule has 41 heavy (non-hydrogen) atoms. The molecule has 3 amide bonds. The maximum atomic E-state index is 13.8. The molecule has 218 valence electrons. The summed E-state index contributed by atoms with van der Waals surface area (Å²) in [5, 5.41) is 5.27. The SMILES string of the molecule is O=C(Nc1ccc(N2CCN(C(=O)Nc3ccccc3F)CC2)nc1)c1sc(CN2CCOCC2)nc1C(F)(F)F. The van der Waals surface area contributed by atoms with Gasteiger partial charge in [-0.3, -0.25) is 9.69 Å². The van der Waals surface area contributed by atoms with Gasteiger partial charge in [0.25, 0.3) is 5.91 Å². The summed E-state index contributed by atoms with van der Waals surface area (Å²) < 4.78 is 60.1. The van der Waals surface area contributed by atoms with Crippen molar-refractivity contribution in [2.75, 3.05) is 68.0 Å². The van der Waals surface area contributed by atoms with Crippen molar-refractivity contribution in [3.8, 4) is 0 Å². The van der Waals surface area contributed by atoms with E-state index in [1.54, 1.807) is 23.1 Å². The lowest BCUT2D eigenvalue weighted by atomic mass is 10.3. The minimum absolute atomic E-state index is 0.105. The predicted octanol–water partition coefficient (Wildman–Crippen LogP) is 4.13. The van der Waals surface area contributed by atoms with Gasteiger partial charge in [0, 0.05) is 39.3 Å². The molecular formula is C26H27F4N7O3S. The fraction of sp³-hybridized carbons (Fsp3) is 0.385. The number of amides is 3. The topological polar surface area (TPSA) is 103 Å². The minimum atomic E-state index is -4.77. The lowest BCUT2D eigenvalue weighted by molar-refractivity contribution is -0.141. The molecule has 15 heteroatoms. The molecule has 0 saturated carbocycles. The number of aromatic nitrogens is 2. The van der Waals surface area contributed by atoms with E-state index in [1.807, 2.05) is 9.80 Å². The van der Waals surface area contributed by atoms with Crippen LogP contribution in [0.15, 0.2) is 42.6 Å². The molecule has 0 aliphatic carbocycles. The van der Waals surface area contributed by atoms with Crippen molar-refractivity contribution in [3.63, 3.8) is 0 Å². The third-order valence-corrected chi connectivity index (χ3v) is 7.66. The van der Waals surface area contributed by atoms with Crippen LogP contribution >= 0.6 is 11.3 Å². The van der Waals surface area contributed by atoms with Crippen LogP contribution in [0.2, 0.25) is 0 Å². The van der Waals surface area contributed by atoms with Gasteiger partial charge < -0.3 is 25.2 Å². The number of alkyl halides is 3. The number of nitrogens with one attached hydrogen (secondary N) is 2. The second-order valence-corrected chi connectivity index (χ2v) is 10.5. The van der Waals surface area contributed by atoms with Gasteiger partial charge >= 0.3 is 12.2 Å². The first kappa shape index (κ1) is 28.7. The maximum absolute atomic E-state index is 13.8. The zero-order valence-corrected chi connectivity index (χ0v) is 22.6. The Balaban J connectivity index is 1.18. The van der Waals surface area contributed by atoms with Gasteiger partial charge in [-0.2, -0.15) is 13.2 Å². The quantitative estimate of drug-likeness (QED) is 0.415. The fourth-order valence-electron chi connectivity index (χ4n) is 4.46. The number of carbonyl (C=O) groups excluding carboxylic acids is 2. The van der Waals surface area contributed by atoms with Gasteiger partial charge in [0.05, 0.1) is 37.3 Å². The Morgan fingerprint density at radius 2 is 1.71 bits per heavy atom. The van der Waals surface area contributed by atoms with Gasteiger partial charge in [-0.25, -0.2) is 19.2 Å². The first-order chi connectivity index (χ1) is 19.7. The van der Waals surface area contributed by atoms with E-state index < -0.39 is 34.5 Å². The lowest BCUT2D eigenvalue weighted by Crippen LogP contribution is -2.50. The highest BCUT2D eigenvalue weighted by Gasteiger charge is 2.40. The van der Waals surface area contributed by atoms with E-state index in [9.17, 15) is 27.2 Å². The highest BCUT2D eigenvalue weighted by atomic mass is 32.1. The zero-order chi connectivity index (χ0) is 29.0. The van der Waals surface area contributed by atoms with E-state index in [0.717, 1.165) is 11.3 Å². The summed E-state index contributed by atoms with van der Waals surface area (Å²) in [6.07, 6.45) is -3.41. The van der Waals surface area contributed by atoms with Crippen molar-refractivity contribution in [2.45, 2.75) is 12.7 Å². The Bertz CT molecular complexity index is 1370. The van der Waals surface area contributed by atoms with E-state index in [0.29, 0.717) is 58.3 Å². The van der Waals surface area contributed by atoms with Crippen LogP contribution in [0.25, 0.3) is 0 Å². The van der Waals surface area contributed by atoms with Crippen molar-refractivity contribution >= 4 is 40.5 Å². The van der Waals surface area contributed by atoms with E-state index in [4.69, 9.17) is 4.74 Å². The standard InChI is InChI=1S/C26H27F4N7O3S/c27-18-3-1-2-4-19(18)33-25(39)37-9-7-36(8-10-37)20-6-5-17(15-31-20)32-24(38)22-23(26(28,29)30)34-21(41-22)16-35-11-13-40-14-12-35/h1-6,15H,7-14,16H2,(H,32,38)(H,33,39). The summed E-state index contributed by atoms with van der Waals surface area (Å²) in [6, 6.07) is 8.71. The van der Waals surface area contributed by atoms with E-state index in [1.165, 1.54) is 24.4 Å². The number of anilines is 3. The number of urea groups is 1. The van der Waals surface area contributed by atoms with E-state index in [2.05, 4.69) is 20.6 Å². The molecule has 2 aliphatic heterocycles. The van der Waals surface area contributed by atoms with E-state index in [-0.39, 0.29) is 22.9 Å². The molecule has 0 atom stereocenters. The molecule has 0 radical (unpaired) electrons. The van der Waals surface area contributed by atoms with Gasteiger partial charge in [-0.05, 0) is 24.3 Å². The van der Waals surface area contributed by atoms with Gasteiger partial charge in [-0.1, -0.05) is 12.1 Å². The second-order valence-electron chi connectivity index (χ2n) is 9.41. The number of ether oxygens (including phenoxy) is 1. The van der Waals surface area contributed by atoms with Crippen molar-refractivity contribution in [2.24, 2.45) is 0 Å². The van der Waals surface area contributed by atoms with Crippen LogP contribution in [-0.2, 0) is 17.5 Å². The number of halogens is 4. The first-order valence-corrected chi connectivity index (χ1v) is 13.7. The Labute approximate surface area is 236 Å². The molecule has 1 aromatic carbocycles. The summed E-state index contributed by atoms with van der Waals surface area (Å²) in [6.45, 7) is 4.03. The minimum Gasteiger partial charge on any atom is -0.379 e. The van der Waals surface area contributed by atoms with Crippen LogP contribution < -0.4 is 15.5 Å². The number of rotatable bonds is 6. The Hall–Kier alpha value is -3.82. The van der Waals surface area contributed by atoms with Crippen LogP contribution in [0, 0.1) is 5.82 Å². The number of para-hydroxylation sites is 1. The van der Waals surface area contributed by atoms with Gasteiger partial charge in [-0.15, -0.1) is 11.3 Å². The van der Waals surface area contributed by atoms with E-state index >= 15 is 0 Å². The molecule has 4 heterocycles. The smallest absolute Gasteiger partial charge is 0.379 e. The molecule has 5 rings (SSSR count). The summed E-state index contributed by atoms with van der Waals surface area (Å²) in [5.41, 5.74) is -0.865. The number of piperazine rings is 1. The molecule has 3 aromatic rings. The molecule has 2 saturated heterocycles. The molecular weight excluding hydrogens is 566 g/mol. The molecule has 2 aromatic heterocycles. The van der Waals surface area contributed by atoms with Crippen LogP contribution in [-0.4, -0.2) is 84.2 Å². The Morgan fingerprint density at radius 1 is 0.976 bits per heavy atom.